The molecule has 1 aromatic heterocycles. The molecule has 0 fully saturated rings. The molecule has 4 heteroatoms. The second kappa shape index (κ2) is 5.53. The Balaban J connectivity index is 2.69. The maximum absolute atomic E-state index is 5.35. The van der Waals surface area contributed by atoms with Crippen LogP contribution in [0.2, 0.25) is 0 Å². The quantitative estimate of drug-likeness (QED) is 0.860. The maximum Gasteiger partial charge on any atom is 0.133 e. The van der Waals surface area contributed by atoms with Crippen molar-refractivity contribution >= 4 is 12.2 Å². The van der Waals surface area contributed by atoms with Gasteiger partial charge in [-0.15, -0.1) is 0 Å². The third-order valence-electron chi connectivity index (χ3n) is 3.32. The topological polar surface area (TPSA) is 37.9 Å². The van der Waals surface area contributed by atoms with Crippen LogP contribution in [-0.2, 0) is 6.42 Å². The highest BCUT2D eigenvalue weighted by Gasteiger charge is 2.11. The van der Waals surface area contributed by atoms with Crippen LogP contribution in [-0.4, -0.2) is 17.1 Å². The fourth-order valence-electron chi connectivity index (χ4n) is 2.27. The number of nitrogens with zero attached hydrogens (tertiary/aromatic N) is 1. The highest BCUT2D eigenvalue weighted by Crippen LogP contribution is 2.30. The predicted octanol–water partition coefficient (Wildman–Crippen LogP) is 3.99. The van der Waals surface area contributed by atoms with Crippen LogP contribution in [0.1, 0.15) is 23.6 Å². The molecule has 0 aliphatic rings. The van der Waals surface area contributed by atoms with E-state index < -0.39 is 0 Å². The van der Waals surface area contributed by atoms with Crippen molar-refractivity contribution in [1.82, 2.24) is 9.97 Å². The van der Waals surface area contributed by atoms with Gasteiger partial charge in [-0.1, -0.05) is 19.1 Å². The number of H-pyrrole nitrogens is 1. The highest BCUT2D eigenvalue weighted by molar-refractivity contribution is 7.71. The molecule has 100 valence electrons. The minimum atomic E-state index is 0.670. The van der Waals surface area contributed by atoms with Crippen LogP contribution in [0.25, 0.3) is 11.3 Å². The van der Waals surface area contributed by atoms with Gasteiger partial charge in [0.2, 0.25) is 0 Å². The van der Waals surface area contributed by atoms with Crippen molar-refractivity contribution in [3.63, 3.8) is 0 Å². The molecule has 0 bridgehead atoms. The smallest absolute Gasteiger partial charge is 0.133 e. The van der Waals surface area contributed by atoms with E-state index in [0.29, 0.717) is 4.64 Å². The molecule has 0 unspecified atom stereocenters. The van der Waals surface area contributed by atoms with Gasteiger partial charge in [-0.05, 0) is 43.5 Å². The number of aryl methyl sites for hydroxylation is 2. The van der Waals surface area contributed by atoms with Crippen molar-refractivity contribution in [1.29, 1.82) is 0 Å². The summed E-state index contributed by atoms with van der Waals surface area (Å²) in [7, 11) is 1.69. The lowest BCUT2D eigenvalue weighted by Crippen LogP contribution is -1.98. The van der Waals surface area contributed by atoms with Crippen LogP contribution in [0.15, 0.2) is 18.5 Å². The zero-order valence-corrected chi connectivity index (χ0v) is 12.5. The van der Waals surface area contributed by atoms with Gasteiger partial charge in [0.25, 0.3) is 0 Å². The van der Waals surface area contributed by atoms with Gasteiger partial charge < -0.3 is 9.72 Å². The Kier molecular flexibility index (Phi) is 4.00. The summed E-state index contributed by atoms with van der Waals surface area (Å²) in [5.74, 6) is 0.909. The van der Waals surface area contributed by atoms with Crippen molar-refractivity contribution < 1.29 is 4.74 Å². The number of nitrogens with one attached hydrogen (secondary N) is 1. The van der Waals surface area contributed by atoms with Gasteiger partial charge in [-0.3, -0.25) is 0 Å². The molecule has 2 aromatic rings. The molecular formula is C15H18N2OS. The Morgan fingerprint density at radius 2 is 2.00 bits per heavy atom. The minimum absolute atomic E-state index is 0.670. The molecule has 1 N–H and O–H groups in total. The number of methoxy groups -OCH3 is 1. The first-order valence-corrected chi connectivity index (χ1v) is 6.71. The van der Waals surface area contributed by atoms with E-state index in [0.717, 1.165) is 40.1 Å². The largest absolute Gasteiger partial charge is 0.496 e. The van der Waals surface area contributed by atoms with Gasteiger partial charge in [0.15, 0.2) is 0 Å². The summed E-state index contributed by atoms with van der Waals surface area (Å²) in [6.45, 7) is 6.22. The maximum atomic E-state index is 5.35. The van der Waals surface area contributed by atoms with E-state index >= 15 is 0 Å². The summed E-state index contributed by atoms with van der Waals surface area (Å²) in [5.41, 5.74) is 5.58. The summed E-state index contributed by atoms with van der Waals surface area (Å²) < 4.78 is 6.02. The Labute approximate surface area is 118 Å². The standard InChI is InChI=1S/C15H18N2OS/c1-5-11-14(16-8-17-15(11)19)12-6-10(3)13(18-4)7-9(12)2/h6-8H,5H2,1-4H3,(H,16,17,19). The molecule has 0 spiro atoms. The zero-order chi connectivity index (χ0) is 14.0. The van der Waals surface area contributed by atoms with E-state index in [2.05, 4.69) is 35.9 Å². The van der Waals surface area contributed by atoms with Crippen LogP contribution < -0.4 is 4.74 Å². The molecule has 1 aromatic carbocycles. The Morgan fingerprint density at radius 1 is 1.26 bits per heavy atom. The lowest BCUT2D eigenvalue weighted by molar-refractivity contribution is 0.411. The molecule has 0 amide bonds. The second-order valence-electron chi connectivity index (χ2n) is 4.55. The van der Waals surface area contributed by atoms with Crippen LogP contribution in [0.3, 0.4) is 0 Å². The normalized spacial score (nSPS) is 10.5. The van der Waals surface area contributed by atoms with E-state index in [1.165, 1.54) is 0 Å². The van der Waals surface area contributed by atoms with Gasteiger partial charge >= 0.3 is 0 Å². The molecule has 0 aliphatic heterocycles. The zero-order valence-electron chi connectivity index (χ0n) is 11.7. The number of rotatable bonds is 3. The molecule has 0 aliphatic carbocycles. The summed E-state index contributed by atoms with van der Waals surface area (Å²) >= 11 is 5.31. The average molecular weight is 274 g/mol. The van der Waals surface area contributed by atoms with Crippen molar-refractivity contribution in [3.8, 4) is 17.0 Å². The van der Waals surface area contributed by atoms with E-state index in [4.69, 9.17) is 17.0 Å². The first-order chi connectivity index (χ1) is 9.08. The van der Waals surface area contributed by atoms with Gasteiger partial charge in [0.05, 0.1) is 19.1 Å². The molecule has 0 atom stereocenters. The van der Waals surface area contributed by atoms with Gasteiger partial charge in [-0.25, -0.2) is 4.98 Å². The molecule has 19 heavy (non-hydrogen) atoms. The number of ether oxygens (including phenoxy) is 1. The van der Waals surface area contributed by atoms with E-state index in [-0.39, 0.29) is 0 Å². The Bertz CT molecular complexity index is 662. The summed E-state index contributed by atoms with van der Waals surface area (Å²) in [4.78, 5) is 7.39. The van der Waals surface area contributed by atoms with Crippen LogP contribution in [0.4, 0.5) is 0 Å². The van der Waals surface area contributed by atoms with Gasteiger partial charge in [0, 0.05) is 11.1 Å². The minimum Gasteiger partial charge on any atom is -0.496 e. The number of hydrogen-bond acceptors (Lipinski definition) is 3. The first kappa shape index (κ1) is 13.7. The summed E-state index contributed by atoms with van der Waals surface area (Å²) in [6.07, 6.45) is 2.53. The van der Waals surface area contributed by atoms with Crippen molar-refractivity contribution in [2.24, 2.45) is 0 Å². The summed E-state index contributed by atoms with van der Waals surface area (Å²) in [6, 6.07) is 4.19. The number of aromatic nitrogens is 2. The van der Waals surface area contributed by atoms with E-state index in [9.17, 15) is 0 Å². The lowest BCUT2D eigenvalue weighted by Gasteiger charge is -2.14. The Hall–Kier alpha value is -1.68. The third kappa shape index (κ3) is 2.54. The number of benzene rings is 1. The lowest BCUT2D eigenvalue weighted by atomic mass is 9.98. The molecule has 1 heterocycles. The second-order valence-corrected chi connectivity index (χ2v) is 4.94. The highest BCUT2D eigenvalue weighted by atomic mass is 32.1. The fourth-order valence-corrected chi connectivity index (χ4v) is 2.57. The van der Waals surface area contributed by atoms with E-state index in [1.807, 2.05) is 6.92 Å². The van der Waals surface area contributed by atoms with Crippen LogP contribution in [0, 0.1) is 18.5 Å². The average Bonchev–Trinajstić information content (AvgIpc) is 2.40. The molecular weight excluding hydrogens is 256 g/mol. The number of hydrogen-bond donors (Lipinski definition) is 1. The van der Waals surface area contributed by atoms with Gasteiger partial charge in [0.1, 0.15) is 10.4 Å². The van der Waals surface area contributed by atoms with Gasteiger partial charge in [-0.2, -0.15) is 0 Å². The Morgan fingerprint density at radius 3 is 2.63 bits per heavy atom. The molecule has 0 radical (unpaired) electrons. The van der Waals surface area contributed by atoms with Crippen LogP contribution in [0.5, 0.6) is 5.75 Å². The third-order valence-corrected chi connectivity index (χ3v) is 3.67. The molecule has 3 nitrogen and oxygen atoms in total. The monoisotopic (exact) mass is 274 g/mol. The first-order valence-electron chi connectivity index (χ1n) is 6.30. The van der Waals surface area contributed by atoms with E-state index in [1.54, 1.807) is 13.4 Å². The number of aromatic amines is 1. The predicted molar refractivity (Wildman–Crippen MR) is 80.3 cm³/mol. The fraction of sp³-hybridized carbons (Fsp3) is 0.333. The van der Waals surface area contributed by atoms with Crippen LogP contribution >= 0.6 is 12.2 Å². The molecule has 2 rings (SSSR count). The van der Waals surface area contributed by atoms with Crippen molar-refractivity contribution in [3.05, 3.63) is 39.8 Å². The molecule has 0 saturated carbocycles. The van der Waals surface area contributed by atoms with Crippen molar-refractivity contribution in [2.45, 2.75) is 27.2 Å². The SMILES string of the molecule is CCc1c(-c2cc(C)c(OC)cc2C)[nH]cnc1=S. The summed E-state index contributed by atoms with van der Waals surface area (Å²) in [5, 5.41) is 0. The molecule has 0 saturated heterocycles. The van der Waals surface area contributed by atoms with Crippen molar-refractivity contribution in [2.75, 3.05) is 7.11 Å².